The summed E-state index contributed by atoms with van der Waals surface area (Å²) >= 11 is 5.98. The number of hydrogen-bond donors (Lipinski definition) is 1. The van der Waals surface area contributed by atoms with Gasteiger partial charge in [0.2, 0.25) is 0 Å². The first-order chi connectivity index (χ1) is 9.56. The van der Waals surface area contributed by atoms with Gasteiger partial charge in [-0.25, -0.2) is 4.79 Å². The molecule has 0 radical (unpaired) electrons. The fourth-order valence-electron chi connectivity index (χ4n) is 1.81. The van der Waals surface area contributed by atoms with Crippen molar-refractivity contribution >= 4 is 17.6 Å². The number of halogens is 1. The molecule has 2 aromatic carbocycles. The van der Waals surface area contributed by atoms with E-state index < -0.39 is 12.1 Å². The van der Waals surface area contributed by atoms with Crippen LogP contribution in [0.5, 0.6) is 5.75 Å². The lowest BCUT2D eigenvalue weighted by molar-refractivity contribution is -0.145. The van der Waals surface area contributed by atoms with E-state index >= 15 is 0 Å². The zero-order valence-corrected chi connectivity index (χ0v) is 11.8. The van der Waals surface area contributed by atoms with Crippen LogP contribution in [-0.2, 0) is 11.2 Å². The summed E-state index contributed by atoms with van der Waals surface area (Å²) in [7, 11) is 0. The predicted octanol–water partition coefficient (Wildman–Crippen LogP) is 3.72. The molecule has 0 amide bonds. The van der Waals surface area contributed by atoms with Crippen molar-refractivity contribution in [1.82, 2.24) is 0 Å². The predicted molar refractivity (Wildman–Crippen MR) is 78.4 cm³/mol. The lowest BCUT2D eigenvalue weighted by Crippen LogP contribution is -2.29. The summed E-state index contributed by atoms with van der Waals surface area (Å²) in [5.74, 6) is -0.626. The first-order valence-corrected chi connectivity index (χ1v) is 6.63. The molecule has 3 nitrogen and oxygen atoms in total. The minimum absolute atomic E-state index is 0.292. The Morgan fingerprint density at radius 3 is 2.45 bits per heavy atom. The molecular formula is C16H15ClO3. The normalized spacial score (nSPS) is 11.9. The van der Waals surface area contributed by atoms with Gasteiger partial charge in [0.05, 0.1) is 5.02 Å². The van der Waals surface area contributed by atoms with Crippen molar-refractivity contribution in [3.05, 3.63) is 64.7 Å². The summed E-state index contributed by atoms with van der Waals surface area (Å²) in [5.41, 5.74) is 2.04. The van der Waals surface area contributed by atoms with Crippen molar-refractivity contribution in [2.24, 2.45) is 0 Å². The second kappa shape index (κ2) is 6.44. The van der Waals surface area contributed by atoms with Crippen molar-refractivity contribution in [2.45, 2.75) is 19.4 Å². The largest absolute Gasteiger partial charge is 0.478 e. The minimum atomic E-state index is -1.01. The molecule has 104 valence electrons. The molecule has 0 saturated heterocycles. The molecule has 0 bridgehead atoms. The topological polar surface area (TPSA) is 46.5 Å². The van der Waals surface area contributed by atoms with Gasteiger partial charge in [-0.3, -0.25) is 0 Å². The Bertz CT molecular complexity index is 593. The van der Waals surface area contributed by atoms with Crippen LogP contribution < -0.4 is 4.74 Å². The Labute approximate surface area is 122 Å². The molecule has 1 unspecified atom stereocenters. The van der Waals surface area contributed by atoms with Crippen molar-refractivity contribution in [2.75, 3.05) is 0 Å². The first kappa shape index (κ1) is 14.4. The number of carboxylic acids is 1. The first-order valence-electron chi connectivity index (χ1n) is 6.26. The number of benzene rings is 2. The van der Waals surface area contributed by atoms with Gasteiger partial charge in [0.25, 0.3) is 0 Å². The van der Waals surface area contributed by atoms with Gasteiger partial charge in [-0.05, 0) is 24.6 Å². The van der Waals surface area contributed by atoms with E-state index in [-0.39, 0.29) is 0 Å². The van der Waals surface area contributed by atoms with Crippen LogP contribution in [-0.4, -0.2) is 17.2 Å². The standard InChI is InChI=1S/C16H15ClO3/c1-11-6-8-12(9-7-11)10-15(16(18)19)20-14-5-3-2-4-13(14)17/h2-9,15H,10H2,1H3,(H,18,19). The van der Waals surface area contributed by atoms with Crippen LogP contribution >= 0.6 is 11.6 Å². The Hall–Kier alpha value is -2.00. The summed E-state index contributed by atoms with van der Waals surface area (Å²) in [6.07, 6.45) is -0.668. The third-order valence-electron chi connectivity index (χ3n) is 2.92. The summed E-state index contributed by atoms with van der Waals surface area (Å²) in [4.78, 5) is 11.3. The summed E-state index contributed by atoms with van der Waals surface area (Å²) in [6.45, 7) is 1.98. The maximum atomic E-state index is 11.3. The quantitative estimate of drug-likeness (QED) is 0.913. The van der Waals surface area contributed by atoms with Gasteiger partial charge in [0, 0.05) is 6.42 Å². The Kier molecular flexibility index (Phi) is 4.64. The van der Waals surface area contributed by atoms with Gasteiger partial charge in [-0.1, -0.05) is 53.6 Å². The molecular weight excluding hydrogens is 276 g/mol. The zero-order valence-electron chi connectivity index (χ0n) is 11.0. The lowest BCUT2D eigenvalue weighted by atomic mass is 10.1. The van der Waals surface area contributed by atoms with Crippen LogP contribution in [0.25, 0.3) is 0 Å². The highest BCUT2D eigenvalue weighted by Gasteiger charge is 2.21. The highest BCUT2D eigenvalue weighted by atomic mass is 35.5. The fraction of sp³-hybridized carbons (Fsp3) is 0.188. The number of hydrogen-bond acceptors (Lipinski definition) is 2. The van der Waals surface area contributed by atoms with Gasteiger partial charge in [0.15, 0.2) is 6.10 Å². The second-order valence-corrected chi connectivity index (χ2v) is 4.97. The van der Waals surface area contributed by atoms with Crippen LogP contribution in [0, 0.1) is 6.92 Å². The highest BCUT2D eigenvalue weighted by molar-refractivity contribution is 6.32. The monoisotopic (exact) mass is 290 g/mol. The molecule has 0 fully saturated rings. The maximum Gasteiger partial charge on any atom is 0.345 e. The van der Waals surface area contributed by atoms with Gasteiger partial charge in [0.1, 0.15) is 5.75 Å². The van der Waals surface area contributed by atoms with Crippen LogP contribution in [0.1, 0.15) is 11.1 Å². The van der Waals surface area contributed by atoms with E-state index in [0.29, 0.717) is 17.2 Å². The summed E-state index contributed by atoms with van der Waals surface area (Å²) in [5, 5.41) is 9.68. The number of rotatable bonds is 5. The van der Waals surface area contributed by atoms with E-state index in [4.69, 9.17) is 16.3 Å². The van der Waals surface area contributed by atoms with E-state index in [2.05, 4.69) is 0 Å². The number of carboxylic acid groups (broad SMARTS) is 1. The molecule has 1 atom stereocenters. The number of ether oxygens (including phenoxy) is 1. The third-order valence-corrected chi connectivity index (χ3v) is 3.24. The van der Waals surface area contributed by atoms with E-state index in [9.17, 15) is 9.90 Å². The van der Waals surface area contributed by atoms with Gasteiger partial charge < -0.3 is 9.84 Å². The number of aliphatic carboxylic acids is 1. The SMILES string of the molecule is Cc1ccc(CC(Oc2ccccc2Cl)C(=O)O)cc1. The Morgan fingerprint density at radius 2 is 1.85 bits per heavy atom. The molecule has 0 aliphatic carbocycles. The lowest BCUT2D eigenvalue weighted by Gasteiger charge is -2.16. The van der Waals surface area contributed by atoms with Gasteiger partial charge in [-0.2, -0.15) is 0 Å². The van der Waals surface area contributed by atoms with E-state index in [1.165, 1.54) is 0 Å². The smallest absolute Gasteiger partial charge is 0.345 e. The van der Waals surface area contributed by atoms with Crippen molar-refractivity contribution < 1.29 is 14.6 Å². The van der Waals surface area contributed by atoms with Crippen LogP contribution in [0.4, 0.5) is 0 Å². The average Bonchev–Trinajstić information content (AvgIpc) is 2.42. The van der Waals surface area contributed by atoms with E-state index in [1.54, 1.807) is 24.3 Å². The Morgan fingerprint density at radius 1 is 1.20 bits per heavy atom. The number of carbonyl (C=O) groups is 1. The molecule has 0 aromatic heterocycles. The molecule has 0 heterocycles. The second-order valence-electron chi connectivity index (χ2n) is 4.56. The fourth-order valence-corrected chi connectivity index (χ4v) is 1.99. The maximum absolute atomic E-state index is 11.3. The molecule has 0 aliphatic heterocycles. The molecule has 0 aliphatic rings. The molecule has 2 rings (SSSR count). The zero-order chi connectivity index (χ0) is 14.5. The molecule has 20 heavy (non-hydrogen) atoms. The van der Waals surface area contributed by atoms with Crippen LogP contribution in [0.3, 0.4) is 0 Å². The molecule has 0 saturated carbocycles. The molecule has 4 heteroatoms. The van der Waals surface area contributed by atoms with Crippen LogP contribution in [0.2, 0.25) is 5.02 Å². The van der Waals surface area contributed by atoms with E-state index in [1.807, 2.05) is 31.2 Å². The van der Waals surface area contributed by atoms with Gasteiger partial charge >= 0.3 is 5.97 Å². The molecule has 2 aromatic rings. The molecule has 1 N–H and O–H groups in total. The van der Waals surface area contributed by atoms with Crippen molar-refractivity contribution in [3.63, 3.8) is 0 Å². The summed E-state index contributed by atoms with van der Waals surface area (Å²) < 4.78 is 5.51. The number of aryl methyl sites for hydroxylation is 1. The van der Waals surface area contributed by atoms with Crippen molar-refractivity contribution in [1.29, 1.82) is 0 Å². The minimum Gasteiger partial charge on any atom is -0.478 e. The number of para-hydroxylation sites is 1. The average molecular weight is 291 g/mol. The Balaban J connectivity index is 2.14. The van der Waals surface area contributed by atoms with Crippen LogP contribution in [0.15, 0.2) is 48.5 Å². The highest BCUT2D eigenvalue weighted by Crippen LogP contribution is 2.25. The van der Waals surface area contributed by atoms with E-state index in [0.717, 1.165) is 11.1 Å². The third kappa shape index (κ3) is 3.75. The van der Waals surface area contributed by atoms with Crippen molar-refractivity contribution in [3.8, 4) is 5.75 Å². The molecule has 0 spiro atoms. The summed E-state index contributed by atoms with van der Waals surface area (Å²) in [6, 6.07) is 14.6. The van der Waals surface area contributed by atoms with Gasteiger partial charge in [-0.15, -0.1) is 0 Å².